The normalized spacial score (nSPS) is 19.8. The Bertz CT molecular complexity index is 44.1. The second-order valence-electron chi connectivity index (χ2n) is 2.36. The first-order valence-corrected chi connectivity index (χ1v) is 6.16. The molecule has 0 aromatic heterocycles. The van der Waals surface area contributed by atoms with E-state index in [4.69, 9.17) is 16.0 Å². The average Bonchev–Trinajstić information content (AvgIpc) is 2.08. The Morgan fingerprint density at radius 2 is 2.20 bits per heavy atom. The van der Waals surface area contributed by atoms with E-state index >= 15 is 0 Å². The highest BCUT2D eigenvalue weighted by Crippen LogP contribution is 2.01. The van der Waals surface area contributed by atoms with Crippen molar-refractivity contribution in [1.82, 2.24) is 0 Å². The van der Waals surface area contributed by atoms with Crippen LogP contribution in [0.3, 0.4) is 0 Å². The van der Waals surface area contributed by atoms with Gasteiger partial charge in [-0.25, -0.2) is 0 Å². The predicted molar refractivity (Wildman–Crippen MR) is 49.5 cm³/mol. The van der Waals surface area contributed by atoms with E-state index in [1.165, 1.54) is 18.9 Å². The molecule has 0 aromatic rings. The largest absolute Gasteiger partial charge is 0.424 e. The monoisotopic (exact) mass is 180 g/mol. The maximum atomic E-state index is 5.21. The third kappa shape index (κ3) is 8.47. The minimum Gasteiger partial charge on any atom is -0.424 e. The maximum Gasteiger partial charge on any atom is 0.161 e. The summed E-state index contributed by atoms with van der Waals surface area (Å²) in [6, 6.07) is 1.42. The van der Waals surface area contributed by atoms with Crippen LogP contribution in [0, 0.1) is 0 Å². The van der Waals surface area contributed by atoms with Crippen molar-refractivity contribution in [1.29, 1.82) is 0 Å². The summed E-state index contributed by atoms with van der Waals surface area (Å²) < 4.78 is 5.21. The van der Waals surface area contributed by atoms with Gasteiger partial charge < -0.3 is 4.43 Å². The van der Waals surface area contributed by atoms with Gasteiger partial charge >= 0.3 is 0 Å². The molecule has 0 bridgehead atoms. The highest BCUT2D eigenvalue weighted by molar-refractivity contribution is 6.27. The summed E-state index contributed by atoms with van der Waals surface area (Å²) in [5.41, 5.74) is 0. The molecule has 0 radical (unpaired) electrons. The third-order valence-corrected chi connectivity index (χ3v) is 3.01. The van der Waals surface area contributed by atoms with E-state index in [0.717, 1.165) is 18.9 Å². The fraction of sp³-hybridized carbons (Fsp3) is 1.00. The molecule has 3 heteroatoms. The molecule has 1 heterocycles. The van der Waals surface area contributed by atoms with Crippen LogP contribution in [0.5, 0.6) is 0 Å². The topological polar surface area (TPSA) is 9.23 Å². The lowest BCUT2D eigenvalue weighted by atomic mass is 10.4. The lowest BCUT2D eigenvalue weighted by Crippen LogP contribution is -2.06. The van der Waals surface area contributed by atoms with Crippen molar-refractivity contribution in [3.05, 3.63) is 0 Å². The Labute approximate surface area is 71.0 Å². The molecule has 0 atom stereocenters. The summed E-state index contributed by atoms with van der Waals surface area (Å²) in [6.45, 7) is 3.11. The highest BCUT2D eigenvalue weighted by Gasteiger charge is 1.96. The molecular formula is C7H17ClOSi. The Morgan fingerprint density at radius 1 is 1.50 bits per heavy atom. The van der Waals surface area contributed by atoms with Gasteiger partial charge in [0.25, 0.3) is 0 Å². The van der Waals surface area contributed by atoms with Gasteiger partial charge in [-0.3, -0.25) is 0 Å². The van der Waals surface area contributed by atoms with Crippen LogP contribution in [0.2, 0.25) is 6.04 Å². The van der Waals surface area contributed by atoms with Gasteiger partial charge in [-0.2, -0.15) is 0 Å². The summed E-state index contributed by atoms with van der Waals surface area (Å²) in [5.74, 6) is 0.792. The molecule has 1 saturated heterocycles. The van der Waals surface area contributed by atoms with Crippen LogP contribution < -0.4 is 0 Å². The van der Waals surface area contributed by atoms with Crippen LogP contribution in [0.4, 0.5) is 0 Å². The van der Waals surface area contributed by atoms with E-state index in [-0.39, 0.29) is 9.76 Å². The molecule has 0 amide bonds. The van der Waals surface area contributed by atoms with Gasteiger partial charge in [0.15, 0.2) is 9.76 Å². The van der Waals surface area contributed by atoms with Crippen molar-refractivity contribution in [2.45, 2.75) is 32.2 Å². The third-order valence-electron chi connectivity index (χ3n) is 1.27. The zero-order chi connectivity index (χ0) is 7.66. The Morgan fingerprint density at radius 3 is 2.30 bits per heavy atom. The quantitative estimate of drug-likeness (QED) is 0.443. The van der Waals surface area contributed by atoms with Gasteiger partial charge in [0, 0.05) is 12.5 Å². The van der Waals surface area contributed by atoms with E-state index in [1.807, 2.05) is 6.92 Å². The van der Waals surface area contributed by atoms with Gasteiger partial charge in [0.1, 0.15) is 0 Å². The predicted octanol–water partition coefficient (Wildman–Crippen LogP) is 1.93. The first-order chi connectivity index (χ1) is 4.91. The minimum atomic E-state index is 0.00849. The van der Waals surface area contributed by atoms with Gasteiger partial charge in [0.05, 0.1) is 0 Å². The lowest BCUT2D eigenvalue weighted by Gasteiger charge is -2.07. The Hall–Kier alpha value is 0.467. The van der Waals surface area contributed by atoms with Crippen LogP contribution in [-0.2, 0) is 4.43 Å². The molecule has 0 aromatic carbocycles. The van der Waals surface area contributed by atoms with E-state index in [1.54, 1.807) is 0 Å². The summed E-state index contributed by atoms with van der Waals surface area (Å²) in [4.78, 5) is 0. The van der Waals surface area contributed by atoms with Crippen LogP contribution in [0.15, 0.2) is 0 Å². The highest BCUT2D eigenvalue weighted by atomic mass is 35.5. The second-order valence-corrected chi connectivity index (χ2v) is 4.26. The summed E-state index contributed by atoms with van der Waals surface area (Å²) in [6.07, 6.45) is 3.83. The maximum absolute atomic E-state index is 5.21. The first kappa shape index (κ1) is 10.5. The molecule has 1 aliphatic rings. The summed E-state index contributed by atoms with van der Waals surface area (Å²) in [5, 5.41) is 0. The molecule has 1 nitrogen and oxygen atoms in total. The lowest BCUT2D eigenvalue weighted by molar-refractivity contribution is 0.304. The van der Waals surface area contributed by atoms with Gasteiger partial charge in [-0.15, -0.1) is 11.6 Å². The molecule has 1 fully saturated rings. The fourth-order valence-corrected chi connectivity index (χ4v) is 1.86. The molecule has 0 spiro atoms. The number of rotatable bonds is 1. The number of alkyl halides is 1. The van der Waals surface area contributed by atoms with E-state index in [2.05, 4.69) is 0 Å². The van der Waals surface area contributed by atoms with Crippen LogP contribution in [0.1, 0.15) is 26.2 Å². The van der Waals surface area contributed by atoms with Crippen molar-refractivity contribution >= 4 is 21.4 Å². The van der Waals surface area contributed by atoms with Crippen LogP contribution in [-0.4, -0.2) is 22.3 Å². The van der Waals surface area contributed by atoms with Crippen molar-refractivity contribution in [3.8, 4) is 0 Å². The Balaban J connectivity index is 0.000000180. The van der Waals surface area contributed by atoms with Crippen molar-refractivity contribution in [2.24, 2.45) is 0 Å². The Kier molecular flexibility index (Phi) is 9.91. The van der Waals surface area contributed by atoms with Crippen molar-refractivity contribution in [3.63, 3.8) is 0 Å². The number of halogens is 1. The van der Waals surface area contributed by atoms with E-state index in [0.29, 0.717) is 0 Å². The van der Waals surface area contributed by atoms with Gasteiger partial charge in [0.2, 0.25) is 0 Å². The smallest absolute Gasteiger partial charge is 0.161 e. The van der Waals surface area contributed by atoms with Gasteiger partial charge in [-0.1, -0.05) is 13.3 Å². The molecule has 0 saturated carbocycles. The van der Waals surface area contributed by atoms with E-state index in [9.17, 15) is 0 Å². The SMILES string of the molecule is C1CC[SiH2]OC1.CCCCl. The number of hydrogen-bond acceptors (Lipinski definition) is 1. The minimum absolute atomic E-state index is 0.00849. The molecule has 62 valence electrons. The van der Waals surface area contributed by atoms with E-state index < -0.39 is 0 Å². The van der Waals surface area contributed by atoms with Crippen LogP contribution in [0.25, 0.3) is 0 Å². The molecule has 1 rings (SSSR count). The molecular weight excluding hydrogens is 164 g/mol. The second kappa shape index (κ2) is 9.47. The molecule has 0 unspecified atom stereocenters. The number of hydrogen-bond donors (Lipinski definition) is 0. The van der Waals surface area contributed by atoms with Crippen LogP contribution >= 0.6 is 11.6 Å². The first-order valence-electron chi connectivity index (χ1n) is 4.05. The molecule has 0 N–H and O–H groups in total. The molecule has 10 heavy (non-hydrogen) atoms. The van der Waals surface area contributed by atoms with Gasteiger partial charge in [-0.05, 0) is 18.9 Å². The fourth-order valence-electron chi connectivity index (χ4n) is 0.687. The standard InChI is InChI=1S/C4H10OSi.C3H7Cl/c1-2-4-6-5-3-1;1-2-3-4/h1-4,6H2;2-3H2,1H3. The molecule has 1 aliphatic heterocycles. The zero-order valence-corrected chi connectivity index (χ0v) is 8.91. The van der Waals surface area contributed by atoms with Crippen molar-refractivity contribution in [2.75, 3.05) is 12.5 Å². The summed E-state index contributed by atoms with van der Waals surface area (Å²) in [7, 11) is 0.00849. The van der Waals surface area contributed by atoms with Crippen molar-refractivity contribution < 1.29 is 4.43 Å². The molecule has 0 aliphatic carbocycles. The summed E-state index contributed by atoms with van der Waals surface area (Å²) >= 11 is 5.19. The zero-order valence-electron chi connectivity index (χ0n) is 6.74. The average molecular weight is 181 g/mol.